The molecule has 0 aliphatic rings. The van der Waals surface area contributed by atoms with Crippen molar-refractivity contribution in [2.45, 2.75) is 12.4 Å². The summed E-state index contributed by atoms with van der Waals surface area (Å²) in [5, 5.41) is 4.10. The van der Waals surface area contributed by atoms with Crippen molar-refractivity contribution in [1.29, 1.82) is 0 Å². The molecule has 0 atom stereocenters. The van der Waals surface area contributed by atoms with Crippen LogP contribution < -0.4 is 0 Å². The third kappa shape index (κ3) is 1.91. The van der Waals surface area contributed by atoms with Crippen LogP contribution in [-0.4, -0.2) is 9.55 Å². The van der Waals surface area contributed by atoms with Crippen molar-refractivity contribution in [3.8, 4) is 0 Å². The van der Waals surface area contributed by atoms with Crippen molar-refractivity contribution < 1.29 is 4.39 Å². The lowest BCUT2D eigenvalue weighted by atomic mass is 10.3. The molecule has 3 rings (SSSR count). The van der Waals surface area contributed by atoms with Gasteiger partial charge < -0.3 is 4.57 Å². The molecule has 0 saturated heterocycles. The van der Waals surface area contributed by atoms with E-state index in [1.54, 1.807) is 17.4 Å². The Kier molecular flexibility index (Phi) is 3.06. The van der Waals surface area contributed by atoms with E-state index in [9.17, 15) is 4.39 Å². The summed E-state index contributed by atoms with van der Waals surface area (Å²) in [6.45, 7) is 0.672. The lowest BCUT2D eigenvalue weighted by Crippen LogP contribution is -2.02. The number of rotatable bonds is 3. The average molecular weight is 281 g/mol. The summed E-state index contributed by atoms with van der Waals surface area (Å²) in [7, 11) is 0. The summed E-state index contributed by atoms with van der Waals surface area (Å²) in [5.41, 5.74) is 2.36. The molecule has 92 valence electrons. The Hall–Kier alpha value is -1.39. The molecule has 0 bridgehead atoms. The lowest BCUT2D eigenvalue weighted by Gasteiger charge is -2.05. The van der Waals surface area contributed by atoms with E-state index in [0.717, 1.165) is 5.52 Å². The standard InChI is InChI=1S/C13H10ClFN2S/c14-6-12-16-13-10(15)2-1-3-11(13)17(12)7-9-4-5-18-8-9/h1-5,8H,6-7H2. The molecule has 0 fully saturated rings. The molecule has 5 heteroatoms. The number of aromatic nitrogens is 2. The number of para-hydroxylation sites is 1. The predicted molar refractivity (Wildman–Crippen MR) is 72.7 cm³/mol. The molecule has 3 aromatic rings. The van der Waals surface area contributed by atoms with Crippen LogP contribution in [0.25, 0.3) is 11.0 Å². The fraction of sp³-hybridized carbons (Fsp3) is 0.154. The summed E-state index contributed by atoms with van der Waals surface area (Å²) in [4.78, 5) is 4.27. The number of hydrogen-bond acceptors (Lipinski definition) is 2. The third-order valence-corrected chi connectivity index (χ3v) is 3.82. The smallest absolute Gasteiger partial charge is 0.151 e. The molecule has 18 heavy (non-hydrogen) atoms. The molecule has 0 spiro atoms. The summed E-state index contributed by atoms with van der Waals surface area (Å²) < 4.78 is 15.6. The van der Waals surface area contributed by atoms with E-state index in [1.807, 2.05) is 22.1 Å². The molecule has 0 aliphatic carbocycles. The SMILES string of the molecule is Fc1cccc2c1nc(CCl)n2Cc1ccsc1. The highest BCUT2D eigenvalue weighted by molar-refractivity contribution is 7.07. The molecule has 0 aliphatic heterocycles. The van der Waals surface area contributed by atoms with Gasteiger partial charge in [-0.2, -0.15) is 11.3 Å². The number of benzene rings is 1. The van der Waals surface area contributed by atoms with E-state index in [-0.39, 0.29) is 11.7 Å². The van der Waals surface area contributed by atoms with Crippen LogP contribution in [0.1, 0.15) is 11.4 Å². The van der Waals surface area contributed by atoms with Gasteiger partial charge in [0.15, 0.2) is 5.82 Å². The average Bonchev–Trinajstić information content (AvgIpc) is 2.99. The Morgan fingerprint density at radius 3 is 2.94 bits per heavy atom. The van der Waals surface area contributed by atoms with Gasteiger partial charge in [0.25, 0.3) is 0 Å². The predicted octanol–water partition coefficient (Wildman–Crippen LogP) is 4.02. The Bertz CT molecular complexity index is 676. The van der Waals surface area contributed by atoms with Crippen LogP contribution in [0, 0.1) is 5.82 Å². The van der Waals surface area contributed by atoms with Crippen LogP contribution >= 0.6 is 22.9 Å². The zero-order valence-corrected chi connectivity index (χ0v) is 11.0. The highest BCUT2D eigenvalue weighted by Crippen LogP contribution is 2.22. The Morgan fingerprint density at radius 2 is 2.22 bits per heavy atom. The Morgan fingerprint density at radius 1 is 1.33 bits per heavy atom. The van der Waals surface area contributed by atoms with Gasteiger partial charge in [-0.3, -0.25) is 0 Å². The number of hydrogen-bond donors (Lipinski definition) is 0. The van der Waals surface area contributed by atoms with Gasteiger partial charge >= 0.3 is 0 Å². The van der Waals surface area contributed by atoms with Crippen LogP contribution in [0.5, 0.6) is 0 Å². The highest BCUT2D eigenvalue weighted by atomic mass is 35.5. The van der Waals surface area contributed by atoms with Gasteiger partial charge in [-0.25, -0.2) is 9.37 Å². The van der Waals surface area contributed by atoms with E-state index in [2.05, 4.69) is 10.4 Å². The van der Waals surface area contributed by atoms with Gasteiger partial charge in [-0.1, -0.05) is 6.07 Å². The van der Waals surface area contributed by atoms with Crippen molar-refractivity contribution in [1.82, 2.24) is 9.55 Å². The zero-order valence-electron chi connectivity index (χ0n) is 9.44. The first-order valence-corrected chi connectivity index (χ1v) is 6.98. The van der Waals surface area contributed by atoms with Crippen LogP contribution in [-0.2, 0) is 12.4 Å². The van der Waals surface area contributed by atoms with Gasteiger partial charge in [-0.05, 0) is 34.5 Å². The lowest BCUT2D eigenvalue weighted by molar-refractivity contribution is 0.637. The molecule has 2 nitrogen and oxygen atoms in total. The minimum atomic E-state index is -0.303. The maximum Gasteiger partial charge on any atom is 0.151 e. The number of halogens is 2. The van der Waals surface area contributed by atoms with E-state index in [4.69, 9.17) is 11.6 Å². The van der Waals surface area contributed by atoms with E-state index in [1.165, 1.54) is 11.6 Å². The minimum absolute atomic E-state index is 0.276. The largest absolute Gasteiger partial charge is 0.322 e. The van der Waals surface area contributed by atoms with Crippen LogP contribution in [0.2, 0.25) is 0 Å². The van der Waals surface area contributed by atoms with E-state index >= 15 is 0 Å². The summed E-state index contributed by atoms with van der Waals surface area (Å²) >= 11 is 7.54. The fourth-order valence-corrected chi connectivity index (χ4v) is 2.87. The molecule has 0 N–H and O–H groups in total. The number of thiophene rings is 1. The first-order chi connectivity index (χ1) is 8.79. The summed E-state index contributed by atoms with van der Waals surface area (Å²) in [5.74, 6) is 0.670. The second kappa shape index (κ2) is 4.71. The molecule has 0 radical (unpaired) electrons. The second-order valence-corrected chi connectivity index (χ2v) is 5.03. The van der Waals surface area contributed by atoms with Gasteiger partial charge in [-0.15, -0.1) is 11.6 Å². The topological polar surface area (TPSA) is 17.8 Å². The van der Waals surface area contributed by atoms with Gasteiger partial charge in [0, 0.05) is 0 Å². The first kappa shape index (κ1) is 11.7. The monoisotopic (exact) mass is 280 g/mol. The van der Waals surface area contributed by atoms with Gasteiger partial charge in [0.05, 0.1) is 17.9 Å². The molecule has 0 saturated carbocycles. The van der Waals surface area contributed by atoms with Gasteiger partial charge in [0.2, 0.25) is 0 Å². The molecular formula is C13H10ClFN2S. The van der Waals surface area contributed by atoms with Crippen LogP contribution in [0.4, 0.5) is 4.39 Å². The molecule has 2 aromatic heterocycles. The zero-order chi connectivity index (χ0) is 12.5. The molecule has 2 heterocycles. The summed E-state index contributed by atoms with van der Waals surface area (Å²) in [6, 6.07) is 7.03. The summed E-state index contributed by atoms with van der Waals surface area (Å²) in [6.07, 6.45) is 0. The number of alkyl halides is 1. The van der Waals surface area contributed by atoms with E-state index < -0.39 is 0 Å². The van der Waals surface area contributed by atoms with Crippen molar-refractivity contribution in [2.75, 3.05) is 0 Å². The molecule has 0 amide bonds. The van der Waals surface area contributed by atoms with Gasteiger partial charge in [0.1, 0.15) is 11.3 Å². The fourth-order valence-electron chi connectivity index (χ4n) is 2.00. The quantitative estimate of drug-likeness (QED) is 0.663. The van der Waals surface area contributed by atoms with Crippen molar-refractivity contribution >= 4 is 34.0 Å². The Balaban J connectivity index is 2.17. The maximum absolute atomic E-state index is 13.7. The number of imidazole rings is 1. The van der Waals surface area contributed by atoms with Crippen molar-refractivity contribution in [3.63, 3.8) is 0 Å². The number of fused-ring (bicyclic) bond motifs is 1. The second-order valence-electron chi connectivity index (χ2n) is 3.99. The van der Waals surface area contributed by atoms with Crippen LogP contribution in [0.3, 0.4) is 0 Å². The van der Waals surface area contributed by atoms with Crippen LogP contribution in [0.15, 0.2) is 35.0 Å². The highest BCUT2D eigenvalue weighted by Gasteiger charge is 2.13. The molecule has 1 aromatic carbocycles. The minimum Gasteiger partial charge on any atom is -0.322 e. The van der Waals surface area contributed by atoms with Crippen molar-refractivity contribution in [3.05, 3.63) is 52.2 Å². The number of nitrogens with zero attached hydrogens (tertiary/aromatic N) is 2. The van der Waals surface area contributed by atoms with E-state index in [0.29, 0.717) is 17.9 Å². The maximum atomic E-state index is 13.7. The molecule has 0 unspecified atom stereocenters. The first-order valence-electron chi connectivity index (χ1n) is 5.50. The van der Waals surface area contributed by atoms with Crippen molar-refractivity contribution in [2.24, 2.45) is 0 Å². The normalized spacial score (nSPS) is 11.2. The molecular weight excluding hydrogens is 271 g/mol. The third-order valence-electron chi connectivity index (χ3n) is 2.85. The Labute approximate surface area is 113 Å².